The maximum absolute atomic E-state index is 12.5. The minimum atomic E-state index is -0.107. The maximum Gasteiger partial charge on any atom is 0.345 e. The van der Waals surface area contributed by atoms with Gasteiger partial charge >= 0.3 is 5.69 Å². The standard InChI is InChI=1S/C20H29N5O3/c1-15(2)8-14-25-20(28)24-13-9-16(6-7-17(24)22-25)21-18(26)10-12-23-11-4-3-5-19(23)27/h3-5,11,15-16H,6-10,12-14H2,1-2H3,(H,21,26). The van der Waals surface area contributed by atoms with Gasteiger partial charge in [0.15, 0.2) is 0 Å². The molecule has 0 aromatic carbocycles. The monoisotopic (exact) mass is 387 g/mol. The lowest BCUT2D eigenvalue weighted by Gasteiger charge is -2.16. The first-order chi connectivity index (χ1) is 13.4. The first kappa shape index (κ1) is 20.1. The van der Waals surface area contributed by atoms with Crippen molar-refractivity contribution in [2.24, 2.45) is 5.92 Å². The number of aromatic nitrogens is 4. The Bertz CT molecular complexity index is 924. The van der Waals surface area contributed by atoms with Crippen molar-refractivity contribution in [3.05, 3.63) is 51.1 Å². The molecule has 0 spiro atoms. The summed E-state index contributed by atoms with van der Waals surface area (Å²) >= 11 is 0. The molecule has 0 aliphatic carbocycles. The van der Waals surface area contributed by atoms with Gasteiger partial charge in [0.05, 0.1) is 0 Å². The average molecular weight is 387 g/mol. The van der Waals surface area contributed by atoms with Crippen LogP contribution in [-0.4, -0.2) is 30.9 Å². The average Bonchev–Trinajstić information content (AvgIpc) is 2.82. The van der Waals surface area contributed by atoms with E-state index in [1.165, 1.54) is 10.6 Å². The normalized spacial score (nSPS) is 16.6. The van der Waals surface area contributed by atoms with Gasteiger partial charge in [-0.05, 0) is 31.2 Å². The zero-order chi connectivity index (χ0) is 20.1. The van der Waals surface area contributed by atoms with Crippen LogP contribution in [0.5, 0.6) is 0 Å². The highest BCUT2D eigenvalue weighted by atomic mass is 16.2. The molecule has 1 unspecified atom stereocenters. The van der Waals surface area contributed by atoms with E-state index >= 15 is 0 Å². The molecular formula is C20H29N5O3. The largest absolute Gasteiger partial charge is 0.353 e. The predicted octanol–water partition coefficient (Wildman–Crippen LogP) is 1.16. The van der Waals surface area contributed by atoms with Crippen LogP contribution in [0.1, 0.15) is 45.4 Å². The number of aryl methyl sites for hydroxylation is 3. The molecular weight excluding hydrogens is 358 g/mol. The molecule has 0 radical (unpaired) electrons. The molecule has 0 saturated carbocycles. The molecule has 3 heterocycles. The molecule has 1 atom stereocenters. The van der Waals surface area contributed by atoms with Crippen LogP contribution in [0.25, 0.3) is 0 Å². The van der Waals surface area contributed by atoms with Gasteiger partial charge in [0, 0.05) is 50.8 Å². The van der Waals surface area contributed by atoms with Gasteiger partial charge in [-0.25, -0.2) is 9.48 Å². The van der Waals surface area contributed by atoms with Crippen LogP contribution in [0.15, 0.2) is 34.0 Å². The van der Waals surface area contributed by atoms with Crippen LogP contribution in [0.2, 0.25) is 0 Å². The van der Waals surface area contributed by atoms with E-state index in [0.717, 1.165) is 18.7 Å². The van der Waals surface area contributed by atoms with Crippen LogP contribution in [0.4, 0.5) is 0 Å². The minimum Gasteiger partial charge on any atom is -0.353 e. The van der Waals surface area contributed by atoms with E-state index in [1.54, 1.807) is 27.6 Å². The number of pyridine rings is 1. The molecule has 8 nitrogen and oxygen atoms in total. The molecule has 152 valence electrons. The third-order valence-corrected chi connectivity index (χ3v) is 5.18. The molecule has 0 bridgehead atoms. The van der Waals surface area contributed by atoms with Crippen molar-refractivity contribution in [2.45, 2.75) is 71.6 Å². The zero-order valence-corrected chi connectivity index (χ0v) is 16.6. The summed E-state index contributed by atoms with van der Waals surface area (Å²) in [7, 11) is 0. The van der Waals surface area contributed by atoms with E-state index in [-0.39, 0.29) is 29.6 Å². The Morgan fingerprint density at radius 3 is 2.82 bits per heavy atom. The molecule has 8 heteroatoms. The molecule has 3 rings (SSSR count). The quantitative estimate of drug-likeness (QED) is 0.772. The molecule has 2 aromatic heterocycles. The van der Waals surface area contributed by atoms with Crippen molar-refractivity contribution in [2.75, 3.05) is 0 Å². The Labute approximate surface area is 164 Å². The number of nitrogens with zero attached hydrogens (tertiary/aromatic N) is 4. The van der Waals surface area contributed by atoms with Gasteiger partial charge in [-0.1, -0.05) is 19.9 Å². The highest BCUT2D eigenvalue weighted by Crippen LogP contribution is 2.12. The number of carbonyl (C=O) groups excluding carboxylic acids is 1. The molecule has 28 heavy (non-hydrogen) atoms. The molecule has 1 N–H and O–H groups in total. The topological polar surface area (TPSA) is 90.9 Å². The van der Waals surface area contributed by atoms with Crippen molar-refractivity contribution >= 4 is 5.91 Å². The molecule has 1 aliphatic heterocycles. The van der Waals surface area contributed by atoms with Gasteiger partial charge in [-0.3, -0.25) is 14.2 Å². The van der Waals surface area contributed by atoms with Crippen molar-refractivity contribution in [1.82, 2.24) is 24.2 Å². The first-order valence-corrected chi connectivity index (χ1v) is 10.1. The highest BCUT2D eigenvalue weighted by molar-refractivity contribution is 5.76. The number of rotatable bonds is 7. The van der Waals surface area contributed by atoms with Crippen molar-refractivity contribution in [3.63, 3.8) is 0 Å². The Hall–Kier alpha value is -2.64. The van der Waals surface area contributed by atoms with Crippen LogP contribution < -0.4 is 16.6 Å². The van der Waals surface area contributed by atoms with Crippen LogP contribution >= 0.6 is 0 Å². The number of carbonyl (C=O) groups is 1. The van der Waals surface area contributed by atoms with Crippen molar-refractivity contribution < 1.29 is 4.79 Å². The number of nitrogens with one attached hydrogen (secondary N) is 1. The molecule has 0 saturated heterocycles. The third kappa shape index (κ3) is 4.99. The second-order valence-electron chi connectivity index (χ2n) is 7.83. The lowest BCUT2D eigenvalue weighted by atomic mass is 10.1. The maximum atomic E-state index is 12.5. The Balaban J connectivity index is 1.52. The SMILES string of the molecule is CC(C)CCn1nc2n(c1=O)CCC(NC(=O)CCn1ccccc1=O)CC2. The zero-order valence-electron chi connectivity index (χ0n) is 16.6. The Morgan fingerprint density at radius 2 is 2.07 bits per heavy atom. The molecule has 1 amide bonds. The second kappa shape index (κ2) is 9.03. The number of fused-ring (bicyclic) bond motifs is 1. The summed E-state index contributed by atoms with van der Waals surface area (Å²) < 4.78 is 4.85. The summed E-state index contributed by atoms with van der Waals surface area (Å²) in [5.74, 6) is 1.26. The first-order valence-electron chi connectivity index (χ1n) is 10.1. The lowest BCUT2D eigenvalue weighted by molar-refractivity contribution is -0.122. The van der Waals surface area contributed by atoms with Gasteiger partial charge in [-0.2, -0.15) is 5.10 Å². The van der Waals surface area contributed by atoms with Gasteiger partial charge < -0.3 is 9.88 Å². The fraction of sp³-hybridized carbons (Fsp3) is 0.600. The summed E-state index contributed by atoms with van der Waals surface area (Å²) in [4.78, 5) is 36.5. The summed E-state index contributed by atoms with van der Waals surface area (Å²) in [6.07, 6.45) is 5.02. The summed E-state index contributed by atoms with van der Waals surface area (Å²) in [6.45, 7) is 5.84. The van der Waals surface area contributed by atoms with E-state index in [2.05, 4.69) is 24.3 Å². The van der Waals surface area contributed by atoms with Gasteiger partial charge in [-0.15, -0.1) is 0 Å². The number of amides is 1. The molecule has 0 fully saturated rings. The second-order valence-corrected chi connectivity index (χ2v) is 7.83. The molecule has 2 aromatic rings. The Kier molecular flexibility index (Phi) is 6.49. The van der Waals surface area contributed by atoms with E-state index in [4.69, 9.17) is 0 Å². The van der Waals surface area contributed by atoms with Crippen LogP contribution in [-0.2, 0) is 30.8 Å². The van der Waals surface area contributed by atoms with E-state index in [1.807, 2.05) is 0 Å². The predicted molar refractivity (Wildman–Crippen MR) is 106 cm³/mol. The summed E-state index contributed by atoms with van der Waals surface area (Å²) in [5, 5.41) is 7.54. The van der Waals surface area contributed by atoms with Crippen molar-refractivity contribution in [1.29, 1.82) is 0 Å². The van der Waals surface area contributed by atoms with Crippen LogP contribution in [0, 0.1) is 5.92 Å². The smallest absolute Gasteiger partial charge is 0.345 e. The van der Waals surface area contributed by atoms with Crippen molar-refractivity contribution in [3.8, 4) is 0 Å². The summed E-state index contributed by atoms with van der Waals surface area (Å²) in [6, 6.07) is 4.97. The minimum absolute atomic E-state index is 0.0187. The fourth-order valence-electron chi connectivity index (χ4n) is 3.47. The summed E-state index contributed by atoms with van der Waals surface area (Å²) in [5.41, 5.74) is -0.157. The van der Waals surface area contributed by atoms with E-state index in [9.17, 15) is 14.4 Å². The third-order valence-electron chi connectivity index (χ3n) is 5.18. The van der Waals surface area contributed by atoms with Crippen LogP contribution in [0.3, 0.4) is 0 Å². The van der Waals surface area contributed by atoms with Gasteiger partial charge in [0.25, 0.3) is 5.56 Å². The molecule has 1 aliphatic rings. The van der Waals surface area contributed by atoms with E-state index < -0.39 is 0 Å². The Morgan fingerprint density at radius 1 is 1.25 bits per heavy atom. The van der Waals surface area contributed by atoms with E-state index in [0.29, 0.717) is 38.4 Å². The van der Waals surface area contributed by atoms with Gasteiger partial charge in [0.1, 0.15) is 5.82 Å². The highest BCUT2D eigenvalue weighted by Gasteiger charge is 2.22. The number of hydrogen-bond acceptors (Lipinski definition) is 4. The number of hydrogen-bond donors (Lipinski definition) is 1. The lowest BCUT2D eigenvalue weighted by Crippen LogP contribution is -2.36. The fourth-order valence-corrected chi connectivity index (χ4v) is 3.47. The van der Waals surface area contributed by atoms with Gasteiger partial charge in [0.2, 0.25) is 5.91 Å².